The van der Waals surface area contributed by atoms with Gasteiger partial charge in [-0.3, -0.25) is 14.9 Å². The lowest BCUT2D eigenvalue weighted by molar-refractivity contribution is -0.171. The summed E-state index contributed by atoms with van der Waals surface area (Å²) in [6, 6.07) is 15.0. The number of nitrogens with zero attached hydrogens (tertiary/aromatic N) is 3. The highest BCUT2D eigenvalue weighted by Gasteiger charge is 2.47. The first-order valence-electron chi connectivity index (χ1n) is 12.0. The third kappa shape index (κ3) is 5.41. The number of nitrogens with one attached hydrogen (secondary N) is 3. The highest BCUT2D eigenvalue weighted by molar-refractivity contribution is 7.71. The fraction of sp³-hybridized carbons (Fsp3) is 0.308. The molecule has 1 amide bonds. The first-order valence-corrected chi connectivity index (χ1v) is 12.5. The smallest absolute Gasteiger partial charge is 0.471 e. The van der Waals surface area contributed by atoms with Crippen LogP contribution in [0.1, 0.15) is 29.4 Å². The second-order valence-corrected chi connectivity index (χ2v) is 9.53. The molecule has 2 unspecified atom stereocenters. The lowest BCUT2D eigenvalue weighted by Crippen LogP contribution is -2.54. The third-order valence-corrected chi connectivity index (χ3v) is 6.74. The Bertz CT molecular complexity index is 1500. The Morgan fingerprint density at radius 3 is 2.66 bits per heavy atom. The van der Waals surface area contributed by atoms with Crippen LogP contribution in [0, 0.1) is 11.7 Å². The summed E-state index contributed by atoms with van der Waals surface area (Å²) < 4.78 is 47.4. The number of aryl methyl sites for hydroxylation is 1. The van der Waals surface area contributed by atoms with E-state index in [0.717, 1.165) is 27.1 Å². The molecule has 12 heteroatoms. The quantitative estimate of drug-likeness (QED) is 0.299. The first-order chi connectivity index (χ1) is 18.2. The predicted octanol–water partition coefficient (Wildman–Crippen LogP) is 4.94. The monoisotopic (exact) mass is 542 g/mol. The molecule has 0 aliphatic carbocycles. The molecule has 2 atom stereocenters. The maximum atomic E-state index is 13.7. The number of ether oxygens (including phenoxy) is 1. The number of alkyl halides is 3. The third-order valence-electron chi connectivity index (χ3n) is 6.55. The molecule has 2 aromatic heterocycles. The van der Waals surface area contributed by atoms with Crippen LogP contribution in [0.5, 0.6) is 5.75 Å². The summed E-state index contributed by atoms with van der Waals surface area (Å²) in [5.74, 6) is -1.60. The van der Waals surface area contributed by atoms with Gasteiger partial charge in [-0.15, -0.1) is 0 Å². The van der Waals surface area contributed by atoms with Crippen LogP contribution in [0.15, 0.2) is 54.6 Å². The van der Waals surface area contributed by atoms with Gasteiger partial charge in [0.15, 0.2) is 4.77 Å². The number of aromatic nitrogens is 4. The van der Waals surface area contributed by atoms with Gasteiger partial charge in [-0.1, -0.05) is 18.2 Å². The van der Waals surface area contributed by atoms with Crippen molar-refractivity contribution >= 4 is 34.7 Å². The van der Waals surface area contributed by atoms with Crippen molar-refractivity contribution in [3.05, 3.63) is 76.5 Å². The minimum Gasteiger partial charge on any atom is -0.489 e. The number of para-hydroxylation sites is 1. The van der Waals surface area contributed by atoms with Crippen LogP contribution < -0.4 is 15.0 Å². The number of benzene rings is 2. The Balaban J connectivity index is 1.41. The van der Waals surface area contributed by atoms with Crippen LogP contribution in [0.3, 0.4) is 0 Å². The summed E-state index contributed by atoms with van der Waals surface area (Å²) in [5, 5.41) is 10.9. The SMILES string of the molecule is Cc1cc(COc2ccc(N(C(=O)C(F)(F)F)C3CCNCC3c3n[nH]c(=S)[nH]3)cc2)c2ccccc2n1. The topological polar surface area (TPSA) is 98.9 Å². The Kier molecular flexibility index (Phi) is 7.17. The van der Waals surface area contributed by atoms with E-state index in [2.05, 4.69) is 25.5 Å². The number of aromatic amines is 2. The highest BCUT2D eigenvalue weighted by Crippen LogP contribution is 2.34. The number of H-pyrrole nitrogens is 2. The zero-order valence-electron chi connectivity index (χ0n) is 20.4. The van der Waals surface area contributed by atoms with Gasteiger partial charge < -0.3 is 19.9 Å². The van der Waals surface area contributed by atoms with E-state index < -0.39 is 24.0 Å². The molecule has 1 saturated heterocycles. The van der Waals surface area contributed by atoms with Crippen molar-refractivity contribution in [3.63, 3.8) is 0 Å². The molecular formula is C26H25F3N6O2S. The molecule has 4 aromatic rings. The van der Waals surface area contributed by atoms with E-state index in [1.807, 2.05) is 37.3 Å². The summed E-state index contributed by atoms with van der Waals surface area (Å²) in [5.41, 5.74) is 2.78. The van der Waals surface area contributed by atoms with Crippen molar-refractivity contribution in [3.8, 4) is 5.75 Å². The number of amides is 1. The average Bonchev–Trinajstić information content (AvgIpc) is 3.34. The summed E-state index contributed by atoms with van der Waals surface area (Å²) >= 11 is 5.05. The molecular weight excluding hydrogens is 517 g/mol. The number of pyridine rings is 1. The van der Waals surface area contributed by atoms with Crippen molar-refractivity contribution < 1.29 is 22.7 Å². The average molecular weight is 543 g/mol. The number of fused-ring (bicyclic) bond motifs is 1. The van der Waals surface area contributed by atoms with Gasteiger partial charge in [0.1, 0.15) is 18.2 Å². The summed E-state index contributed by atoms with van der Waals surface area (Å²) in [6.45, 7) is 2.95. The van der Waals surface area contributed by atoms with E-state index in [1.54, 1.807) is 12.1 Å². The molecule has 5 rings (SSSR count). The molecule has 3 heterocycles. The number of hydrogen-bond acceptors (Lipinski definition) is 6. The Labute approximate surface area is 221 Å². The molecule has 0 saturated carbocycles. The fourth-order valence-electron chi connectivity index (χ4n) is 4.87. The van der Waals surface area contributed by atoms with Crippen molar-refractivity contribution in [2.24, 2.45) is 0 Å². The molecule has 0 spiro atoms. The number of piperidine rings is 1. The van der Waals surface area contributed by atoms with Gasteiger partial charge in [0.25, 0.3) is 0 Å². The van der Waals surface area contributed by atoms with E-state index in [9.17, 15) is 18.0 Å². The van der Waals surface area contributed by atoms with Gasteiger partial charge in [-0.2, -0.15) is 18.3 Å². The molecule has 2 aromatic carbocycles. The van der Waals surface area contributed by atoms with Crippen LogP contribution >= 0.6 is 12.2 Å². The van der Waals surface area contributed by atoms with Gasteiger partial charge in [-0.25, -0.2) is 0 Å². The number of hydrogen-bond donors (Lipinski definition) is 3. The summed E-state index contributed by atoms with van der Waals surface area (Å²) in [7, 11) is 0. The van der Waals surface area contributed by atoms with Gasteiger partial charge in [-0.05, 0) is 68.5 Å². The molecule has 0 bridgehead atoms. The Morgan fingerprint density at radius 1 is 1.18 bits per heavy atom. The number of rotatable bonds is 6. The molecule has 1 aliphatic rings. The molecule has 38 heavy (non-hydrogen) atoms. The van der Waals surface area contributed by atoms with Gasteiger partial charge >= 0.3 is 12.1 Å². The van der Waals surface area contributed by atoms with E-state index in [-0.39, 0.29) is 17.1 Å². The van der Waals surface area contributed by atoms with Crippen LogP contribution in [-0.4, -0.2) is 51.4 Å². The molecule has 3 N–H and O–H groups in total. The number of anilines is 1. The number of carbonyl (C=O) groups excluding carboxylic acids is 1. The number of halogens is 3. The zero-order chi connectivity index (χ0) is 26.9. The van der Waals surface area contributed by atoms with Crippen molar-refractivity contribution in [2.75, 3.05) is 18.0 Å². The normalized spacial score (nSPS) is 17.9. The lowest BCUT2D eigenvalue weighted by Gasteiger charge is -2.39. The minimum absolute atomic E-state index is 0.121. The van der Waals surface area contributed by atoms with Crippen LogP contribution in [0.25, 0.3) is 10.9 Å². The van der Waals surface area contributed by atoms with Crippen LogP contribution in [0.2, 0.25) is 0 Å². The largest absolute Gasteiger partial charge is 0.489 e. The molecule has 0 radical (unpaired) electrons. The van der Waals surface area contributed by atoms with Crippen LogP contribution in [0.4, 0.5) is 18.9 Å². The highest BCUT2D eigenvalue weighted by atomic mass is 32.1. The minimum atomic E-state index is -5.05. The van der Waals surface area contributed by atoms with Crippen LogP contribution in [-0.2, 0) is 11.4 Å². The van der Waals surface area contributed by atoms with Crippen molar-refractivity contribution in [2.45, 2.75) is 38.1 Å². The number of carbonyl (C=O) groups is 1. The first kappa shape index (κ1) is 25.9. The van der Waals surface area contributed by atoms with Crippen molar-refractivity contribution in [1.29, 1.82) is 0 Å². The van der Waals surface area contributed by atoms with E-state index in [1.165, 1.54) is 12.1 Å². The second-order valence-electron chi connectivity index (χ2n) is 9.13. The van der Waals surface area contributed by atoms with E-state index >= 15 is 0 Å². The predicted molar refractivity (Wildman–Crippen MR) is 139 cm³/mol. The Hall–Kier alpha value is -3.77. The standard InChI is InChI=1S/C26H25F3N6O2S/c1-15-12-16(19-4-2-3-5-21(19)31-15)14-37-18-8-6-17(7-9-18)35(24(36)26(27,28)29)22-10-11-30-13-20(22)23-32-25(38)34-33-23/h2-9,12,20,22,30H,10-11,13-14H2,1H3,(H2,32,33,34,38). The van der Waals surface area contributed by atoms with Gasteiger partial charge in [0, 0.05) is 34.9 Å². The molecule has 1 fully saturated rings. The summed E-state index contributed by atoms with van der Waals surface area (Å²) in [4.78, 5) is 20.9. The maximum absolute atomic E-state index is 13.7. The summed E-state index contributed by atoms with van der Waals surface area (Å²) in [6.07, 6.45) is -4.75. The van der Waals surface area contributed by atoms with E-state index in [4.69, 9.17) is 17.0 Å². The van der Waals surface area contributed by atoms with Gasteiger partial charge in [0.05, 0.1) is 11.4 Å². The maximum Gasteiger partial charge on any atom is 0.471 e. The van der Waals surface area contributed by atoms with Gasteiger partial charge in [0.2, 0.25) is 0 Å². The molecule has 8 nitrogen and oxygen atoms in total. The second kappa shape index (κ2) is 10.5. The zero-order valence-corrected chi connectivity index (χ0v) is 21.2. The van der Waals surface area contributed by atoms with E-state index in [0.29, 0.717) is 31.1 Å². The molecule has 1 aliphatic heterocycles. The van der Waals surface area contributed by atoms with Crippen molar-refractivity contribution in [1.82, 2.24) is 25.5 Å². The molecule has 198 valence electrons. The lowest BCUT2D eigenvalue weighted by atomic mass is 9.90. The fourth-order valence-corrected chi connectivity index (χ4v) is 5.02. The Morgan fingerprint density at radius 2 is 1.95 bits per heavy atom.